The van der Waals surface area contributed by atoms with E-state index in [0.717, 1.165) is 37.4 Å². The molecule has 2 heterocycles. The molecule has 0 spiro atoms. The molecule has 25 heavy (non-hydrogen) atoms. The Labute approximate surface area is 149 Å². The zero-order chi connectivity index (χ0) is 17.6. The summed E-state index contributed by atoms with van der Waals surface area (Å²) in [6.07, 6.45) is 4.87. The molecule has 1 atom stereocenters. The van der Waals surface area contributed by atoms with Crippen LogP contribution >= 0.6 is 0 Å². The minimum absolute atomic E-state index is 0.0340. The van der Waals surface area contributed by atoms with Crippen molar-refractivity contribution >= 4 is 17.6 Å². The number of rotatable bonds is 4. The van der Waals surface area contributed by atoms with Crippen LogP contribution in [0.25, 0.3) is 0 Å². The molecule has 2 fully saturated rings. The highest BCUT2D eigenvalue weighted by Gasteiger charge is 2.32. The lowest BCUT2D eigenvalue weighted by Gasteiger charge is -2.23. The monoisotopic (exact) mass is 345 g/mol. The van der Waals surface area contributed by atoms with E-state index in [1.54, 1.807) is 4.90 Å². The lowest BCUT2D eigenvalue weighted by atomic mass is 10.2. The van der Waals surface area contributed by atoms with Gasteiger partial charge in [-0.1, -0.05) is 12.8 Å². The zero-order valence-electron chi connectivity index (χ0n) is 14.9. The van der Waals surface area contributed by atoms with Crippen molar-refractivity contribution in [2.75, 3.05) is 31.1 Å². The molecular weight excluding hydrogens is 318 g/mol. The van der Waals surface area contributed by atoms with Gasteiger partial charge in [0.25, 0.3) is 0 Å². The highest BCUT2D eigenvalue weighted by molar-refractivity contribution is 5.96. The van der Waals surface area contributed by atoms with Gasteiger partial charge in [-0.3, -0.25) is 4.79 Å². The summed E-state index contributed by atoms with van der Waals surface area (Å²) < 4.78 is 5.44. The lowest BCUT2D eigenvalue weighted by Crippen LogP contribution is -2.46. The molecule has 6 heteroatoms. The van der Waals surface area contributed by atoms with E-state index < -0.39 is 0 Å². The molecule has 1 N–H and O–H groups in total. The summed E-state index contributed by atoms with van der Waals surface area (Å²) in [5, 5.41) is 3.04. The van der Waals surface area contributed by atoms with Gasteiger partial charge in [-0.05, 0) is 44.0 Å². The summed E-state index contributed by atoms with van der Waals surface area (Å²) in [4.78, 5) is 28.4. The van der Waals surface area contributed by atoms with Crippen molar-refractivity contribution < 1.29 is 14.3 Å². The normalized spacial score (nSPS) is 21.2. The molecule has 2 aliphatic heterocycles. The van der Waals surface area contributed by atoms with Crippen LogP contribution in [0.3, 0.4) is 0 Å². The van der Waals surface area contributed by atoms with Crippen LogP contribution in [-0.2, 0) is 4.79 Å². The Kier molecular flexibility index (Phi) is 5.79. The Bertz CT molecular complexity index is 594. The minimum atomic E-state index is -0.130. The number of nitrogens with zero attached hydrogens (tertiary/aromatic N) is 2. The number of carbonyl (C=O) groups is 2. The van der Waals surface area contributed by atoms with Crippen molar-refractivity contribution in [3.05, 3.63) is 24.3 Å². The van der Waals surface area contributed by atoms with Crippen LogP contribution in [0.4, 0.5) is 10.5 Å². The van der Waals surface area contributed by atoms with Gasteiger partial charge < -0.3 is 19.9 Å². The quantitative estimate of drug-likeness (QED) is 0.913. The van der Waals surface area contributed by atoms with Crippen molar-refractivity contribution in [2.45, 2.75) is 45.1 Å². The van der Waals surface area contributed by atoms with E-state index in [4.69, 9.17) is 4.74 Å². The van der Waals surface area contributed by atoms with Gasteiger partial charge >= 0.3 is 6.03 Å². The maximum atomic E-state index is 12.4. The summed E-state index contributed by atoms with van der Waals surface area (Å²) in [5.74, 6) is 0.842. The Balaban J connectivity index is 1.57. The molecular formula is C19H27N3O3. The summed E-state index contributed by atoms with van der Waals surface area (Å²) in [6.45, 7) is 4.71. The number of hydrogen-bond acceptors (Lipinski definition) is 3. The van der Waals surface area contributed by atoms with Crippen LogP contribution in [0.15, 0.2) is 24.3 Å². The Hall–Kier alpha value is -2.24. The number of urea groups is 1. The van der Waals surface area contributed by atoms with E-state index in [9.17, 15) is 9.59 Å². The molecule has 0 saturated carbocycles. The van der Waals surface area contributed by atoms with Crippen LogP contribution < -0.4 is 15.0 Å². The summed E-state index contributed by atoms with van der Waals surface area (Å²) in [5.41, 5.74) is 0.847. The average Bonchev–Trinajstić information content (AvgIpc) is 2.82. The van der Waals surface area contributed by atoms with E-state index in [0.29, 0.717) is 19.6 Å². The highest BCUT2D eigenvalue weighted by Crippen LogP contribution is 2.24. The summed E-state index contributed by atoms with van der Waals surface area (Å²) >= 11 is 0. The molecule has 136 valence electrons. The van der Waals surface area contributed by atoms with Crippen LogP contribution in [0, 0.1) is 0 Å². The van der Waals surface area contributed by atoms with E-state index in [-0.39, 0.29) is 18.0 Å². The number of hydrogen-bond donors (Lipinski definition) is 1. The number of carbonyl (C=O) groups excluding carboxylic acids is 2. The molecule has 0 radical (unpaired) electrons. The number of ether oxygens (including phenoxy) is 1. The predicted octanol–water partition coefficient (Wildman–Crippen LogP) is 2.78. The molecule has 6 nitrogen and oxygen atoms in total. The fourth-order valence-corrected chi connectivity index (χ4v) is 3.48. The Morgan fingerprint density at radius 3 is 2.48 bits per heavy atom. The van der Waals surface area contributed by atoms with E-state index in [1.807, 2.05) is 36.1 Å². The first kappa shape index (κ1) is 17.6. The second-order valence-electron chi connectivity index (χ2n) is 6.68. The van der Waals surface area contributed by atoms with Crippen LogP contribution in [0.1, 0.15) is 39.0 Å². The Morgan fingerprint density at radius 1 is 1.16 bits per heavy atom. The maximum Gasteiger partial charge on any atom is 0.317 e. The van der Waals surface area contributed by atoms with Crippen molar-refractivity contribution in [2.24, 2.45) is 0 Å². The van der Waals surface area contributed by atoms with Crippen molar-refractivity contribution in [3.8, 4) is 5.75 Å². The smallest absolute Gasteiger partial charge is 0.317 e. The largest absolute Gasteiger partial charge is 0.494 e. The average molecular weight is 345 g/mol. The number of anilines is 1. The van der Waals surface area contributed by atoms with E-state index in [1.165, 1.54) is 12.8 Å². The standard InChI is InChI=1S/C19H27N3O3/c1-2-25-17-9-7-16(8-10-17)22-14-15(13-18(22)23)20-19(24)21-11-5-3-4-6-12-21/h7-10,15H,2-6,11-14H2,1H3,(H,20,24)/t15-/m1/s1. The van der Waals surface area contributed by atoms with Crippen LogP contribution in [0.5, 0.6) is 5.75 Å². The third-order valence-corrected chi connectivity index (χ3v) is 4.81. The van der Waals surface area contributed by atoms with Crippen LogP contribution in [0.2, 0.25) is 0 Å². The van der Waals surface area contributed by atoms with E-state index >= 15 is 0 Å². The fourth-order valence-electron chi connectivity index (χ4n) is 3.48. The van der Waals surface area contributed by atoms with Gasteiger partial charge in [0.2, 0.25) is 5.91 Å². The SMILES string of the molecule is CCOc1ccc(N2C[C@H](NC(=O)N3CCCCCC3)CC2=O)cc1. The summed E-state index contributed by atoms with van der Waals surface area (Å²) in [6, 6.07) is 7.36. The van der Waals surface area contributed by atoms with E-state index in [2.05, 4.69) is 5.32 Å². The molecule has 3 rings (SSSR count). The molecule has 0 aromatic heterocycles. The number of benzene rings is 1. The van der Waals surface area contributed by atoms with Crippen molar-refractivity contribution in [3.63, 3.8) is 0 Å². The molecule has 1 aromatic rings. The van der Waals surface area contributed by atoms with Gasteiger partial charge in [0.15, 0.2) is 0 Å². The summed E-state index contributed by atoms with van der Waals surface area (Å²) in [7, 11) is 0. The first-order valence-corrected chi connectivity index (χ1v) is 9.26. The van der Waals surface area contributed by atoms with Gasteiger partial charge in [0, 0.05) is 31.7 Å². The first-order valence-electron chi connectivity index (χ1n) is 9.26. The third-order valence-electron chi connectivity index (χ3n) is 4.81. The van der Waals surface area contributed by atoms with Crippen LogP contribution in [-0.4, -0.2) is 49.1 Å². The molecule has 2 aliphatic rings. The molecule has 2 saturated heterocycles. The molecule has 0 bridgehead atoms. The number of likely N-dealkylation sites (tertiary alicyclic amines) is 1. The second-order valence-corrected chi connectivity index (χ2v) is 6.68. The maximum absolute atomic E-state index is 12.4. The molecule has 1 aromatic carbocycles. The molecule has 3 amide bonds. The topological polar surface area (TPSA) is 61.9 Å². The zero-order valence-corrected chi connectivity index (χ0v) is 14.9. The molecule has 0 unspecified atom stereocenters. The first-order chi connectivity index (χ1) is 12.2. The number of nitrogens with one attached hydrogen (secondary N) is 1. The van der Waals surface area contributed by atoms with Crippen molar-refractivity contribution in [1.29, 1.82) is 0 Å². The lowest BCUT2D eigenvalue weighted by molar-refractivity contribution is -0.117. The van der Waals surface area contributed by atoms with Gasteiger partial charge in [0.05, 0.1) is 12.6 Å². The third kappa shape index (κ3) is 4.44. The fraction of sp³-hybridized carbons (Fsp3) is 0.579. The Morgan fingerprint density at radius 2 is 1.84 bits per heavy atom. The minimum Gasteiger partial charge on any atom is -0.494 e. The van der Waals surface area contributed by atoms with Gasteiger partial charge in [0.1, 0.15) is 5.75 Å². The predicted molar refractivity (Wildman–Crippen MR) is 96.9 cm³/mol. The van der Waals surface area contributed by atoms with Gasteiger partial charge in [-0.15, -0.1) is 0 Å². The van der Waals surface area contributed by atoms with Crippen molar-refractivity contribution in [1.82, 2.24) is 10.2 Å². The highest BCUT2D eigenvalue weighted by atomic mass is 16.5. The van der Waals surface area contributed by atoms with Gasteiger partial charge in [-0.2, -0.15) is 0 Å². The second kappa shape index (κ2) is 8.23. The van der Waals surface area contributed by atoms with Gasteiger partial charge in [-0.25, -0.2) is 4.79 Å². The number of amides is 3. The molecule has 0 aliphatic carbocycles.